The van der Waals surface area contributed by atoms with Crippen LogP contribution in [0.25, 0.3) is 11.4 Å². The van der Waals surface area contributed by atoms with Crippen molar-refractivity contribution in [2.24, 2.45) is 0 Å². The molecule has 0 saturated carbocycles. The van der Waals surface area contributed by atoms with Gasteiger partial charge in [-0.25, -0.2) is 9.97 Å². The molecule has 1 aliphatic carbocycles. The van der Waals surface area contributed by atoms with Gasteiger partial charge in [-0.2, -0.15) is 0 Å². The zero-order chi connectivity index (χ0) is 16.9. The number of rotatable bonds is 7. The van der Waals surface area contributed by atoms with Gasteiger partial charge >= 0.3 is 0 Å². The van der Waals surface area contributed by atoms with Crippen molar-refractivity contribution >= 4 is 5.82 Å². The summed E-state index contributed by atoms with van der Waals surface area (Å²) in [5, 5.41) is 0. The van der Waals surface area contributed by atoms with E-state index in [9.17, 15) is 0 Å². The van der Waals surface area contributed by atoms with E-state index in [4.69, 9.17) is 14.7 Å². The summed E-state index contributed by atoms with van der Waals surface area (Å²) in [6.45, 7) is 6.57. The summed E-state index contributed by atoms with van der Waals surface area (Å²) in [7, 11) is 1.69. The normalized spacial score (nSPS) is 13.0. The summed E-state index contributed by atoms with van der Waals surface area (Å²) < 4.78 is 5.26. The highest BCUT2D eigenvalue weighted by atomic mass is 16.5. The van der Waals surface area contributed by atoms with Crippen LogP contribution in [0.4, 0.5) is 5.82 Å². The molecule has 0 radical (unpaired) electrons. The molecule has 0 spiro atoms. The topological polar surface area (TPSA) is 38.2 Å². The molecular formula is C20H27N3O. The van der Waals surface area contributed by atoms with E-state index in [1.807, 2.05) is 24.3 Å². The van der Waals surface area contributed by atoms with Crippen LogP contribution in [0.5, 0.6) is 5.75 Å². The molecule has 0 atom stereocenters. The first-order valence-electron chi connectivity index (χ1n) is 9.06. The van der Waals surface area contributed by atoms with Gasteiger partial charge in [-0.15, -0.1) is 0 Å². The van der Waals surface area contributed by atoms with E-state index in [0.717, 1.165) is 61.7 Å². The second-order valence-corrected chi connectivity index (χ2v) is 6.37. The molecule has 128 valence electrons. The zero-order valence-electron chi connectivity index (χ0n) is 15.0. The van der Waals surface area contributed by atoms with E-state index >= 15 is 0 Å². The molecule has 0 unspecified atom stereocenters. The highest BCUT2D eigenvalue weighted by molar-refractivity contribution is 5.62. The Balaban J connectivity index is 2.03. The number of benzene rings is 1. The minimum atomic E-state index is 0.838. The van der Waals surface area contributed by atoms with Crippen molar-refractivity contribution in [2.45, 2.75) is 46.0 Å². The number of methoxy groups -OCH3 is 1. The third-order valence-electron chi connectivity index (χ3n) is 4.55. The largest absolute Gasteiger partial charge is 0.497 e. The Morgan fingerprint density at radius 1 is 1.00 bits per heavy atom. The smallest absolute Gasteiger partial charge is 0.161 e. The lowest BCUT2D eigenvalue weighted by Crippen LogP contribution is -2.27. The van der Waals surface area contributed by atoms with Crippen LogP contribution in [0.15, 0.2) is 24.3 Å². The Kier molecular flexibility index (Phi) is 5.34. The lowest BCUT2D eigenvalue weighted by molar-refractivity contribution is 0.415. The van der Waals surface area contributed by atoms with Gasteiger partial charge in [-0.05, 0) is 56.4 Å². The molecule has 2 aromatic rings. The lowest BCUT2D eigenvalue weighted by Gasteiger charge is -2.25. The molecule has 0 bridgehead atoms. The fourth-order valence-corrected chi connectivity index (χ4v) is 3.41. The highest BCUT2D eigenvalue weighted by Crippen LogP contribution is 2.32. The second-order valence-electron chi connectivity index (χ2n) is 6.37. The average molecular weight is 325 g/mol. The van der Waals surface area contributed by atoms with Gasteiger partial charge in [0.1, 0.15) is 11.6 Å². The van der Waals surface area contributed by atoms with Gasteiger partial charge in [0.2, 0.25) is 0 Å². The van der Waals surface area contributed by atoms with Crippen LogP contribution in [0.2, 0.25) is 0 Å². The number of fused-ring (bicyclic) bond motifs is 1. The molecule has 0 N–H and O–H groups in total. The molecule has 0 fully saturated rings. The van der Waals surface area contributed by atoms with Gasteiger partial charge in [-0.1, -0.05) is 13.8 Å². The third-order valence-corrected chi connectivity index (χ3v) is 4.55. The Morgan fingerprint density at radius 3 is 2.33 bits per heavy atom. The van der Waals surface area contributed by atoms with Gasteiger partial charge in [0.05, 0.1) is 7.11 Å². The van der Waals surface area contributed by atoms with Crippen LogP contribution in [0.1, 0.15) is 44.4 Å². The summed E-state index contributed by atoms with van der Waals surface area (Å²) in [5.41, 5.74) is 3.66. The molecule has 0 saturated heterocycles. The van der Waals surface area contributed by atoms with Crippen LogP contribution in [-0.4, -0.2) is 30.2 Å². The summed E-state index contributed by atoms with van der Waals surface area (Å²) >= 11 is 0. The fourth-order valence-electron chi connectivity index (χ4n) is 3.41. The van der Waals surface area contributed by atoms with Crippen LogP contribution < -0.4 is 9.64 Å². The maximum Gasteiger partial charge on any atom is 0.161 e. The summed E-state index contributed by atoms with van der Waals surface area (Å²) in [6.07, 6.45) is 5.64. The Morgan fingerprint density at radius 2 is 1.71 bits per heavy atom. The predicted octanol–water partition coefficient (Wildman–Crippen LogP) is 4.27. The summed E-state index contributed by atoms with van der Waals surface area (Å²) in [4.78, 5) is 12.3. The molecule has 24 heavy (non-hydrogen) atoms. The van der Waals surface area contributed by atoms with Gasteiger partial charge < -0.3 is 9.64 Å². The first-order valence-corrected chi connectivity index (χ1v) is 9.06. The van der Waals surface area contributed by atoms with Crippen LogP contribution in [0, 0.1) is 0 Å². The van der Waals surface area contributed by atoms with Gasteiger partial charge in [0, 0.05) is 29.9 Å². The molecule has 4 nitrogen and oxygen atoms in total. The molecule has 1 aliphatic rings. The Bertz CT molecular complexity index is 676. The first-order chi connectivity index (χ1) is 11.8. The third kappa shape index (κ3) is 3.37. The fraction of sp³-hybridized carbons (Fsp3) is 0.500. The molecule has 0 amide bonds. The van der Waals surface area contributed by atoms with Gasteiger partial charge in [0.25, 0.3) is 0 Å². The molecule has 0 aliphatic heterocycles. The Labute approximate surface area is 144 Å². The van der Waals surface area contributed by atoms with E-state index < -0.39 is 0 Å². The first kappa shape index (κ1) is 16.7. The quantitative estimate of drug-likeness (QED) is 0.762. The van der Waals surface area contributed by atoms with E-state index in [2.05, 4.69) is 18.7 Å². The molecule has 3 rings (SSSR count). The Hall–Kier alpha value is -2.10. The predicted molar refractivity (Wildman–Crippen MR) is 98.8 cm³/mol. The molecule has 1 heterocycles. The monoisotopic (exact) mass is 325 g/mol. The number of aryl methyl sites for hydroxylation is 1. The van der Waals surface area contributed by atoms with Crippen LogP contribution >= 0.6 is 0 Å². The second kappa shape index (κ2) is 7.65. The van der Waals surface area contributed by atoms with Crippen molar-refractivity contribution in [2.75, 3.05) is 25.1 Å². The van der Waals surface area contributed by atoms with Crippen LogP contribution in [-0.2, 0) is 12.8 Å². The summed E-state index contributed by atoms with van der Waals surface area (Å²) in [6, 6.07) is 8.04. The van der Waals surface area contributed by atoms with Gasteiger partial charge in [0.15, 0.2) is 5.82 Å². The lowest BCUT2D eigenvalue weighted by atomic mass is 10.1. The zero-order valence-corrected chi connectivity index (χ0v) is 15.0. The van der Waals surface area contributed by atoms with Crippen molar-refractivity contribution < 1.29 is 4.74 Å². The minimum absolute atomic E-state index is 0.838. The van der Waals surface area contributed by atoms with E-state index in [1.165, 1.54) is 17.7 Å². The summed E-state index contributed by atoms with van der Waals surface area (Å²) in [5.74, 6) is 2.86. The number of anilines is 1. The van der Waals surface area contributed by atoms with E-state index in [-0.39, 0.29) is 0 Å². The number of aromatic nitrogens is 2. The number of hydrogen-bond acceptors (Lipinski definition) is 4. The van der Waals surface area contributed by atoms with Crippen molar-refractivity contribution in [3.05, 3.63) is 35.5 Å². The standard InChI is InChI=1S/C20H27N3O/c1-4-13-23(14-5-2)20-17-7-6-8-18(17)21-19(22-20)15-9-11-16(24-3)12-10-15/h9-12H,4-8,13-14H2,1-3H3. The number of nitrogens with zero attached hydrogens (tertiary/aromatic N) is 3. The maximum atomic E-state index is 5.26. The number of hydrogen-bond donors (Lipinski definition) is 0. The minimum Gasteiger partial charge on any atom is -0.497 e. The maximum absolute atomic E-state index is 5.26. The van der Waals surface area contributed by atoms with Crippen molar-refractivity contribution in [1.82, 2.24) is 9.97 Å². The van der Waals surface area contributed by atoms with Crippen molar-refractivity contribution in [1.29, 1.82) is 0 Å². The van der Waals surface area contributed by atoms with Crippen molar-refractivity contribution in [3.8, 4) is 17.1 Å². The van der Waals surface area contributed by atoms with Crippen LogP contribution in [0.3, 0.4) is 0 Å². The molecule has 1 aromatic heterocycles. The molecule has 4 heteroatoms. The number of ether oxygens (including phenoxy) is 1. The van der Waals surface area contributed by atoms with Gasteiger partial charge in [-0.3, -0.25) is 0 Å². The van der Waals surface area contributed by atoms with E-state index in [1.54, 1.807) is 7.11 Å². The van der Waals surface area contributed by atoms with Crippen molar-refractivity contribution in [3.63, 3.8) is 0 Å². The molecular weight excluding hydrogens is 298 g/mol. The average Bonchev–Trinajstić information content (AvgIpc) is 3.09. The SMILES string of the molecule is CCCN(CCC)c1nc(-c2ccc(OC)cc2)nc2c1CCC2. The van der Waals surface area contributed by atoms with E-state index in [0.29, 0.717) is 0 Å². The highest BCUT2D eigenvalue weighted by Gasteiger charge is 2.23. The molecule has 1 aromatic carbocycles.